The third-order valence-corrected chi connectivity index (χ3v) is 1.60. The van der Waals surface area contributed by atoms with Crippen LogP contribution in [0.2, 0.25) is 0 Å². The zero-order chi connectivity index (χ0) is 7.68. The van der Waals surface area contributed by atoms with Crippen LogP contribution in [-0.2, 0) is 0 Å². The van der Waals surface area contributed by atoms with Crippen LogP contribution in [0.1, 0.15) is 0 Å². The van der Waals surface area contributed by atoms with Gasteiger partial charge in [0.2, 0.25) is 0 Å². The molecule has 0 aliphatic carbocycles. The van der Waals surface area contributed by atoms with Crippen molar-refractivity contribution in [2.75, 3.05) is 0 Å². The van der Waals surface area contributed by atoms with E-state index in [0.717, 1.165) is 5.39 Å². The maximum Gasteiger partial charge on any atom is 0.343 e. The van der Waals surface area contributed by atoms with Gasteiger partial charge in [0, 0.05) is 0 Å². The Morgan fingerprint density at radius 1 is 1.08 bits per heavy atom. The van der Waals surface area contributed by atoms with E-state index in [-0.39, 0.29) is 15.5 Å². The quantitative estimate of drug-likeness (QED) is 0.579. The summed E-state index contributed by atoms with van der Waals surface area (Å²) >= 11 is 0. The average Bonchev–Trinajstić information content (AvgIpc) is 2.06. The predicted octanol–water partition coefficient (Wildman–Crippen LogP) is 1.85. The molecule has 62 valence electrons. The van der Waals surface area contributed by atoms with Gasteiger partial charge in [-0.25, -0.2) is 4.79 Å². The first-order valence-electron chi connectivity index (χ1n) is 3.34. The van der Waals surface area contributed by atoms with Gasteiger partial charge in [-0.1, -0.05) is 18.2 Å². The number of fused-ring (bicyclic) bond motifs is 1. The largest absolute Gasteiger partial charge is 0.431 e. The molecule has 1 aromatic heterocycles. The summed E-state index contributed by atoms with van der Waals surface area (Å²) in [6.07, 6.45) is 1.41. The van der Waals surface area contributed by atoms with Crippen LogP contribution in [0.25, 0.3) is 10.8 Å². The molecule has 2 rings (SSSR count). The van der Waals surface area contributed by atoms with Gasteiger partial charge in [-0.15, -0.1) is 0 Å². The molecule has 0 N–H and O–H groups in total. The molecule has 3 heteroatoms. The lowest BCUT2D eigenvalue weighted by molar-refractivity contribution is 0.519. The second kappa shape index (κ2) is 3.51. The van der Waals surface area contributed by atoms with Crippen molar-refractivity contribution in [3.05, 3.63) is 47.0 Å². The van der Waals surface area contributed by atoms with Crippen LogP contribution in [0.3, 0.4) is 0 Å². The molecule has 0 radical (unpaired) electrons. The summed E-state index contributed by atoms with van der Waals surface area (Å²) in [6, 6.07) is 9.12. The molecule has 0 bridgehead atoms. The van der Waals surface area contributed by atoms with Gasteiger partial charge in [0.25, 0.3) is 0 Å². The minimum absolute atomic E-state index is 0. The van der Waals surface area contributed by atoms with Gasteiger partial charge in [-0.05, 0) is 17.5 Å². The highest BCUT2D eigenvalue weighted by molar-refractivity contribution is 6.92. The Labute approximate surface area is 72.8 Å². The molecule has 1 aromatic carbocycles. The fraction of sp³-hybridized carbons (Fsp3) is 0. The normalized spacial score (nSPS) is 9.33. The maximum atomic E-state index is 11.0. The smallest absolute Gasteiger partial charge is 0.343 e. The van der Waals surface area contributed by atoms with Crippen molar-refractivity contribution >= 4 is 20.7 Å². The van der Waals surface area contributed by atoms with Gasteiger partial charge in [-0.2, -0.15) is 9.90 Å². The summed E-state index contributed by atoms with van der Waals surface area (Å²) in [7, 11) is 0. The van der Waals surface area contributed by atoms with Crippen LogP contribution in [0.15, 0.2) is 45.8 Å². The van der Waals surface area contributed by atoms with Gasteiger partial charge in [0.1, 0.15) is 0 Å². The van der Waals surface area contributed by atoms with Crippen molar-refractivity contribution in [1.82, 2.24) is 0 Å². The van der Waals surface area contributed by atoms with E-state index in [9.17, 15) is 4.79 Å². The lowest BCUT2D eigenvalue weighted by atomic mass is 10.2. The van der Waals surface area contributed by atoms with E-state index in [1.54, 1.807) is 12.1 Å². The van der Waals surface area contributed by atoms with E-state index in [1.165, 1.54) is 6.26 Å². The van der Waals surface area contributed by atoms with Gasteiger partial charge in [0.05, 0.1) is 11.6 Å². The molecule has 2 aromatic rings. The lowest BCUT2D eigenvalue weighted by Crippen LogP contribution is -1.96. The van der Waals surface area contributed by atoms with Gasteiger partial charge in [0.15, 0.2) is 0 Å². The van der Waals surface area contributed by atoms with E-state index < -0.39 is 0 Å². The molecule has 0 saturated heterocycles. The Kier molecular flexibility index (Phi) is 2.61. The first-order valence-corrected chi connectivity index (χ1v) is 3.34. The van der Waals surface area contributed by atoms with Crippen LogP contribution >= 0.6 is 9.90 Å². The van der Waals surface area contributed by atoms with Crippen molar-refractivity contribution < 1.29 is 4.42 Å². The Morgan fingerprint density at radius 2 is 1.83 bits per heavy atom. The van der Waals surface area contributed by atoms with Gasteiger partial charge < -0.3 is 4.42 Å². The summed E-state index contributed by atoms with van der Waals surface area (Å²) in [5.74, 6) is 0. The molecule has 0 fully saturated rings. The van der Waals surface area contributed by atoms with E-state index in [1.807, 2.05) is 18.2 Å². The van der Waals surface area contributed by atoms with Crippen molar-refractivity contribution in [2.24, 2.45) is 0 Å². The highest BCUT2D eigenvalue weighted by atomic mass is 31.0. The fourth-order valence-electron chi connectivity index (χ4n) is 1.06. The van der Waals surface area contributed by atoms with Crippen molar-refractivity contribution in [3.8, 4) is 0 Å². The van der Waals surface area contributed by atoms with E-state index in [0.29, 0.717) is 5.39 Å². The molecule has 0 saturated carbocycles. The van der Waals surface area contributed by atoms with E-state index in [4.69, 9.17) is 0 Å². The first kappa shape index (κ1) is 8.95. The maximum absolute atomic E-state index is 11.0. The number of rotatable bonds is 0. The van der Waals surface area contributed by atoms with Crippen molar-refractivity contribution in [1.29, 1.82) is 0 Å². The highest BCUT2D eigenvalue weighted by Crippen LogP contribution is 2.06. The lowest BCUT2D eigenvalue weighted by Gasteiger charge is -1.91. The summed E-state index contributed by atoms with van der Waals surface area (Å²) in [4.78, 5) is 11.0. The monoisotopic (exact) mass is 180 g/mol. The summed E-state index contributed by atoms with van der Waals surface area (Å²) < 4.78 is 4.68. The SMILES string of the molecule is O=c1occc2ccccc12.P. The number of hydrogen-bond acceptors (Lipinski definition) is 2. The molecule has 0 aliphatic heterocycles. The molecule has 1 heterocycles. The van der Waals surface area contributed by atoms with Crippen LogP contribution in [0.5, 0.6) is 0 Å². The van der Waals surface area contributed by atoms with Gasteiger partial charge in [-0.3, -0.25) is 0 Å². The zero-order valence-electron chi connectivity index (χ0n) is 6.49. The van der Waals surface area contributed by atoms with E-state index >= 15 is 0 Å². The molecular formula is C9H9O2P. The molecule has 0 aliphatic rings. The van der Waals surface area contributed by atoms with Gasteiger partial charge >= 0.3 is 5.63 Å². The Balaban J connectivity index is 0.000000720. The standard InChI is InChI=1S/C9H6O2.H3P/c10-9-8-4-2-1-3-7(8)5-6-11-9;/h1-6H;1H3. The molecule has 0 spiro atoms. The summed E-state index contributed by atoms with van der Waals surface area (Å²) in [5, 5.41) is 1.55. The molecular weight excluding hydrogens is 171 g/mol. The van der Waals surface area contributed by atoms with Crippen LogP contribution < -0.4 is 5.63 Å². The van der Waals surface area contributed by atoms with E-state index in [2.05, 4.69) is 4.42 Å². The third-order valence-electron chi connectivity index (χ3n) is 1.60. The molecule has 0 amide bonds. The molecule has 1 atom stereocenters. The molecule has 1 unspecified atom stereocenters. The average molecular weight is 180 g/mol. The Morgan fingerprint density at radius 3 is 2.58 bits per heavy atom. The minimum atomic E-state index is -0.275. The minimum Gasteiger partial charge on any atom is -0.431 e. The van der Waals surface area contributed by atoms with Crippen LogP contribution in [0, 0.1) is 0 Å². The Bertz CT molecular complexity index is 428. The predicted molar refractivity (Wildman–Crippen MR) is 53.6 cm³/mol. The fourth-order valence-corrected chi connectivity index (χ4v) is 1.06. The Hall–Kier alpha value is -1.14. The molecule has 2 nitrogen and oxygen atoms in total. The third kappa shape index (κ3) is 1.39. The van der Waals surface area contributed by atoms with Crippen LogP contribution in [-0.4, -0.2) is 0 Å². The van der Waals surface area contributed by atoms with Crippen molar-refractivity contribution in [2.45, 2.75) is 0 Å². The zero-order valence-corrected chi connectivity index (χ0v) is 7.90. The highest BCUT2D eigenvalue weighted by Gasteiger charge is 1.94. The van der Waals surface area contributed by atoms with Crippen molar-refractivity contribution in [3.63, 3.8) is 0 Å². The van der Waals surface area contributed by atoms with Crippen LogP contribution in [0.4, 0.5) is 0 Å². The number of hydrogen-bond donors (Lipinski definition) is 0. The first-order chi connectivity index (χ1) is 5.38. The molecule has 12 heavy (non-hydrogen) atoms. The topological polar surface area (TPSA) is 30.2 Å². The second-order valence-corrected chi connectivity index (χ2v) is 2.30. The summed E-state index contributed by atoms with van der Waals surface area (Å²) in [5.41, 5.74) is -0.275. The summed E-state index contributed by atoms with van der Waals surface area (Å²) in [6.45, 7) is 0. The second-order valence-electron chi connectivity index (χ2n) is 2.30. The number of benzene rings is 1.